The van der Waals surface area contributed by atoms with Crippen LogP contribution in [0.15, 0.2) is 0 Å². The summed E-state index contributed by atoms with van der Waals surface area (Å²) in [5.74, 6) is 2.02. The van der Waals surface area contributed by atoms with Gasteiger partial charge in [-0.05, 0) is 50.1 Å². The molecule has 0 radical (unpaired) electrons. The SMILES string of the molecule is CC(C)CC(CO)C1CCNCC1. The van der Waals surface area contributed by atoms with Gasteiger partial charge in [0.15, 0.2) is 0 Å². The Hall–Kier alpha value is -0.0800. The number of nitrogens with one attached hydrogen (secondary N) is 1. The van der Waals surface area contributed by atoms with E-state index in [9.17, 15) is 5.11 Å². The van der Waals surface area contributed by atoms with Crippen LogP contribution in [0, 0.1) is 17.8 Å². The van der Waals surface area contributed by atoms with Gasteiger partial charge in [0.05, 0.1) is 0 Å². The number of aliphatic hydroxyl groups excluding tert-OH is 1. The molecule has 0 aromatic rings. The zero-order valence-corrected chi connectivity index (χ0v) is 8.92. The van der Waals surface area contributed by atoms with Gasteiger partial charge in [0, 0.05) is 6.61 Å². The minimum Gasteiger partial charge on any atom is -0.396 e. The van der Waals surface area contributed by atoms with E-state index in [1.54, 1.807) is 0 Å². The van der Waals surface area contributed by atoms with Crippen molar-refractivity contribution in [3.05, 3.63) is 0 Å². The number of hydrogen-bond acceptors (Lipinski definition) is 2. The lowest BCUT2D eigenvalue weighted by Gasteiger charge is -2.30. The smallest absolute Gasteiger partial charge is 0.0462 e. The van der Waals surface area contributed by atoms with Gasteiger partial charge in [0.1, 0.15) is 0 Å². The van der Waals surface area contributed by atoms with E-state index < -0.39 is 0 Å². The quantitative estimate of drug-likeness (QED) is 0.698. The van der Waals surface area contributed by atoms with Crippen LogP contribution < -0.4 is 5.32 Å². The second kappa shape index (κ2) is 5.61. The van der Waals surface area contributed by atoms with E-state index in [2.05, 4.69) is 19.2 Å². The Bertz CT molecular complexity index is 130. The van der Waals surface area contributed by atoms with Crippen molar-refractivity contribution in [1.29, 1.82) is 0 Å². The fraction of sp³-hybridized carbons (Fsp3) is 1.00. The van der Waals surface area contributed by atoms with Gasteiger partial charge in [-0.3, -0.25) is 0 Å². The first-order valence-electron chi connectivity index (χ1n) is 5.55. The van der Waals surface area contributed by atoms with E-state index in [0.717, 1.165) is 19.0 Å². The summed E-state index contributed by atoms with van der Waals surface area (Å²) in [5.41, 5.74) is 0. The highest BCUT2D eigenvalue weighted by Gasteiger charge is 2.23. The fourth-order valence-corrected chi connectivity index (χ4v) is 2.34. The maximum Gasteiger partial charge on any atom is 0.0462 e. The van der Waals surface area contributed by atoms with Gasteiger partial charge >= 0.3 is 0 Å². The molecular weight excluding hydrogens is 162 g/mol. The van der Waals surface area contributed by atoms with Crippen LogP contribution in [-0.4, -0.2) is 24.8 Å². The lowest BCUT2D eigenvalue weighted by molar-refractivity contribution is 0.133. The highest BCUT2D eigenvalue weighted by molar-refractivity contribution is 4.76. The summed E-state index contributed by atoms with van der Waals surface area (Å²) < 4.78 is 0. The molecular formula is C11H23NO. The summed E-state index contributed by atoms with van der Waals surface area (Å²) in [7, 11) is 0. The number of rotatable bonds is 4. The molecule has 0 aliphatic carbocycles. The molecule has 0 aromatic carbocycles. The highest BCUT2D eigenvalue weighted by Crippen LogP contribution is 2.26. The molecule has 2 heteroatoms. The van der Waals surface area contributed by atoms with E-state index in [0.29, 0.717) is 18.4 Å². The Morgan fingerprint density at radius 2 is 1.92 bits per heavy atom. The molecule has 13 heavy (non-hydrogen) atoms. The predicted molar refractivity (Wildman–Crippen MR) is 55.6 cm³/mol. The molecule has 1 atom stereocenters. The maximum atomic E-state index is 9.31. The first kappa shape index (κ1) is 11.0. The van der Waals surface area contributed by atoms with Crippen molar-refractivity contribution >= 4 is 0 Å². The van der Waals surface area contributed by atoms with Crippen LogP contribution in [0.4, 0.5) is 0 Å². The van der Waals surface area contributed by atoms with E-state index in [1.165, 1.54) is 19.3 Å². The molecule has 2 nitrogen and oxygen atoms in total. The van der Waals surface area contributed by atoms with Gasteiger partial charge in [-0.25, -0.2) is 0 Å². The van der Waals surface area contributed by atoms with Crippen LogP contribution in [0.1, 0.15) is 33.1 Å². The van der Waals surface area contributed by atoms with Gasteiger partial charge in [0.25, 0.3) is 0 Å². The lowest BCUT2D eigenvalue weighted by Crippen LogP contribution is -2.33. The van der Waals surface area contributed by atoms with E-state index in [-0.39, 0.29) is 0 Å². The first-order chi connectivity index (χ1) is 6.24. The van der Waals surface area contributed by atoms with Gasteiger partial charge < -0.3 is 10.4 Å². The molecule has 1 aliphatic rings. The van der Waals surface area contributed by atoms with Crippen molar-refractivity contribution in [1.82, 2.24) is 5.32 Å². The van der Waals surface area contributed by atoms with Crippen LogP contribution in [-0.2, 0) is 0 Å². The molecule has 0 bridgehead atoms. The number of aliphatic hydroxyl groups is 1. The van der Waals surface area contributed by atoms with Crippen LogP contribution in [0.25, 0.3) is 0 Å². The number of piperidine rings is 1. The van der Waals surface area contributed by atoms with Crippen LogP contribution in [0.5, 0.6) is 0 Å². The Morgan fingerprint density at radius 3 is 2.38 bits per heavy atom. The zero-order chi connectivity index (χ0) is 9.68. The average Bonchev–Trinajstić information content (AvgIpc) is 2.15. The summed E-state index contributed by atoms with van der Waals surface area (Å²) >= 11 is 0. The second-order valence-electron chi connectivity index (χ2n) is 4.66. The molecule has 1 fully saturated rings. The van der Waals surface area contributed by atoms with Gasteiger partial charge in [-0.2, -0.15) is 0 Å². The van der Waals surface area contributed by atoms with E-state index in [1.807, 2.05) is 0 Å². The van der Waals surface area contributed by atoms with E-state index in [4.69, 9.17) is 0 Å². The van der Waals surface area contributed by atoms with Crippen molar-refractivity contribution in [2.24, 2.45) is 17.8 Å². The zero-order valence-electron chi connectivity index (χ0n) is 8.92. The normalized spacial score (nSPS) is 22.2. The molecule has 1 aliphatic heterocycles. The van der Waals surface area contributed by atoms with Gasteiger partial charge in [-0.15, -0.1) is 0 Å². The van der Waals surface area contributed by atoms with Crippen LogP contribution in [0.3, 0.4) is 0 Å². The van der Waals surface area contributed by atoms with Crippen molar-refractivity contribution in [2.45, 2.75) is 33.1 Å². The van der Waals surface area contributed by atoms with Gasteiger partial charge in [-0.1, -0.05) is 13.8 Å². The fourth-order valence-electron chi connectivity index (χ4n) is 2.34. The second-order valence-corrected chi connectivity index (χ2v) is 4.66. The molecule has 1 saturated heterocycles. The molecule has 2 N–H and O–H groups in total. The third-order valence-electron chi connectivity index (χ3n) is 3.06. The minimum atomic E-state index is 0.378. The van der Waals surface area contributed by atoms with Crippen LogP contribution >= 0.6 is 0 Å². The van der Waals surface area contributed by atoms with Crippen LogP contribution in [0.2, 0.25) is 0 Å². The Morgan fingerprint density at radius 1 is 1.31 bits per heavy atom. The van der Waals surface area contributed by atoms with Crippen molar-refractivity contribution in [3.63, 3.8) is 0 Å². The Kier molecular flexibility index (Phi) is 4.74. The molecule has 0 amide bonds. The molecule has 0 aromatic heterocycles. The molecule has 0 spiro atoms. The molecule has 1 rings (SSSR count). The van der Waals surface area contributed by atoms with Crippen molar-refractivity contribution in [3.8, 4) is 0 Å². The monoisotopic (exact) mass is 185 g/mol. The van der Waals surface area contributed by atoms with Crippen molar-refractivity contribution in [2.75, 3.05) is 19.7 Å². The molecule has 1 heterocycles. The average molecular weight is 185 g/mol. The third-order valence-corrected chi connectivity index (χ3v) is 3.06. The van der Waals surface area contributed by atoms with Gasteiger partial charge in [0.2, 0.25) is 0 Å². The topological polar surface area (TPSA) is 32.3 Å². The number of hydrogen-bond donors (Lipinski definition) is 2. The minimum absolute atomic E-state index is 0.378. The van der Waals surface area contributed by atoms with Crippen molar-refractivity contribution < 1.29 is 5.11 Å². The largest absolute Gasteiger partial charge is 0.396 e. The lowest BCUT2D eigenvalue weighted by atomic mass is 9.81. The first-order valence-corrected chi connectivity index (χ1v) is 5.55. The Labute approximate surface area is 81.7 Å². The molecule has 0 saturated carbocycles. The standard InChI is InChI=1S/C11H23NO/c1-9(2)7-11(8-13)10-3-5-12-6-4-10/h9-13H,3-8H2,1-2H3. The highest BCUT2D eigenvalue weighted by atomic mass is 16.3. The summed E-state index contributed by atoms with van der Waals surface area (Å²) in [6.07, 6.45) is 3.68. The summed E-state index contributed by atoms with van der Waals surface area (Å²) in [4.78, 5) is 0. The van der Waals surface area contributed by atoms with E-state index >= 15 is 0 Å². The third kappa shape index (κ3) is 3.65. The Balaban J connectivity index is 2.34. The summed E-state index contributed by atoms with van der Waals surface area (Å²) in [5, 5.41) is 12.7. The molecule has 78 valence electrons. The molecule has 1 unspecified atom stereocenters. The summed E-state index contributed by atoms with van der Waals surface area (Å²) in [6.45, 7) is 7.13. The maximum absolute atomic E-state index is 9.31. The predicted octanol–water partition coefficient (Wildman–Crippen LogP) is 1.64. The summed E-state index contributed by atoms with van der Waals surface area (Å²) in [6, 6.07) is 0.